The van der Waals surface area contributed by atoms with E-state index in [2.05, 4.69) is 10.3 Å². The number of aliphatic imine (C=N–C) groups is 1. The van der Waals surface area contributed by atoms with E-state index in [-0.39, 0.29) is 23.5 Å². The molecule has 2 amide bonds. The lowest BCUT2D eigenvalue weighted by molar-refractivity contribution is -0.115. The summed E-state index contributed by atoms with van der Waals surface area (Å²) in [7, 11) is 1.52. The van der Waals surface area contributed by atoms with Gasteiger partial charge in [0.05, 0.1) is 12.0 Å². The van der Waals surface area contributed by atoms with Crippen LogP contribution in [0.2, 0.25) is 5.02 Å². The Labute approximate surface area is 204 Å². The Bertz CT molecular complexity index is 1290. The smallest absolute Gasteiger partial charge is 0.279 e. The monoisotopic (exact) mass is 496 g/mol. The van der Waals surface area contributed by atoms with Gasteiger partial charge in [-0.3, -0.25) is 9.59 Å². The average Bonchev–Trinajstić information content (AvgIpc) is 3.17. The van der Waals surface area contributed by atoms with Crippen LogP contribution in [-0.2, 0) is 11.4 Å². The summed E-state index contributed by atoms with van der Waals surface area (Å²) < 4.78 is 24.3. The fourth-order valence-electron chi connectivity index (χ4n) is 3.02. The molecule has 0 bridgehead atoms. The van der Waals surface area contributed by atoms with Gasteiger partial charge in [0.2, 0.25) is 0 Å². The zero-order chi connectivity index (χ0) is 24.1. The summed E-state index contributed by atoms with van der Waals surface area (Å²) in [6.45, 7) is 0.247. The molecule has 34 heavy (non-hydrogen) atoms. The molecule has 6 nitrogen and oxygen atoms in total. The second-order valence-corrected chi connectivity index (χ2v) is 8.59. The summed E-state index contributed by atoms with van der Waals surface area (Å²) in [5.74, 6) is -0.164. The van der Waals surface area contributed by atoms with E-state index in [1.54, 1.807) is 60.7 Å². The molecule has 9 heteroatoms. The fourth-order valence-corrected chi connectivity index (χ4v) is 3.96. The highest BCUT2D eigenvalue weighted by Crippen LogP contribution is 2.32. The maximum Gasteiger partial charge on any atom is 0.279 e. The van der Waals surface area contributed by atoms with Crippen LogP contribution in [-0.4, -0.2) is 24.1 Å². The van der Waals surface area contributed by atoms with Crippen molar-refractivity contribution in [3.63, 3.8) is 0 Å². The molecule has 1 saturated heterocycles. The highest BCUT2D eigenvalue weighted by molar-refractivity contribution is 8.18. The van der Waals surface area contributed by atoms with Gasteiger partial charge in [0.25, 0.3) is 11.8 Å². The zero-order valence-corrected chi connectivity index (χ0v) is 19.5. The van der Waals surface area contributed by atoms with Crippen LogP contribution in [0.5, 0.6) is 11.5 Å². The highest BCUT2D eigenvalue weighted by Gasteiger charge is 2.25. The molecule has 0 saturated carbocycles. The van der Waals surface area contributed by atoms with Crippen molar-refractivity contribution in [3.8, 4) is 11.5 Å². The molecule has 1 fully saturated rings. The van der Waals surface area contributed by atoms with Gasteiger partial charge in [-0.25, -0.2) is 4.39 Å². The van der Waals surface area contributed by atoms with Gasteiger partial charge in [-0.15, -0.1) is 0 Å². The first-order valence-electron chi connectivity index (χ1n) is 10.1. The maximum absolute atomic E-state index is 13.1. The Morgan fingerprint density at radius 2 is 1.82 bits per heavy atom. The minimum atomic E-state index is -0.481. The Hall–Kier alpha value is -3.62. The number of carbonyl (C=O) groups excluding carboxylic acids is 2. The van der Waals surface area contributed by atoms with Crippen LogP contribution in [0.15, 0.2) is 76.6 Å². The lowest BCUT2D eigenvalue weighted by Crippen LogP contribution is -2.20. The topological polar surface area (TPSA) is 77.0 Å². The van der Waals surface area contributed by atoms with E-state index in [0.717, 1.165) is 17.3 Å². The van der Waals surface area contributed by atoms with E-state index >= 15 is 0 Å². The molecule has 0 unspecified atom stereocenters. The van der Waals surface area contributed by atoms with Crippen molar-refractivity contribution in [3.05, 3.63) is 99.2 Å². The maximum atomic E-state index is 13.1. The number of hydrogen-bond acceptors (Lipinski definition) is 5. The predicted octanol–water partition coefficient (Wildman–Crippen LogP) is 5.47. The summed E-state index contributed by atoms with van der Waals surface area (Å²) >= 11 is 6.91. The van der Waals surface area contributed by atoms with Crippen LogP contribution in [0.25, 0.3) is 6.08 Å². The normalized spacial score (nSPS) is 15.4. The number of rotatable bonds is 6. The second kappa shape index (κ2) is 10.5. The SMILES string of the molecule is COc1cc(/C=C2\SC(=NC(=O)c3ccc(Cl)cc3)NC2=O)ccc1OCc1ccc(F)cc1. The van der Waals surface area contributed by atoms with Crippen molar-refractivity contribution in [2.75, 3.05) is 7.11 Å². The van der Waals surface area contributed by atoms with Crippen molar-refractivity contribution >= 4 is 46.4 Å². The average molecular weight is 497 g/mol. The molecular weight excluding hydrogens is 479 g/mol. The number of carbonyl (C=O) groups is 2. The third-order valence-corrected chi connectivity index (χ3v) is 5.90. The van der Waals surface area contributed by atoms with E-state index in [9.17, 15) is 14.0 Å². The minimum Gasteiger partial charge on any atom is -0.493 e. The number of ether oxygens (including phenoxy) is 2. The van der Waals surface area contributed by atoms with Crippen LogP contribution < -0.4 is 14.8 Å². The summed E-state index contributed by atoms with van der Waals surface area (Å²) in [5, 5.41) is 3.31. The third kappa shape index (κ3) is 5.84. The van der Waals surface area contributed by atoms with Gasteiger partial charge in [0.1, 0.15) is 12.4 Å². The van der Waals surface area contributed by atoms with E-state index in [1.807, 2.05) is 0 Å². The molecule has 3 aromatic rings. The molecular formula is C25H18ClFN2O4S. The van der Waals surface area contributed by atoms with Gasteiger partial charge in [0, 0.05) is 10.6 Å². The van der Waals surface area contributed by atoms with Crippen molar-refractivity contribution in [1.29, 1.82) is 0 Å². The molecule has 0 aliphatic carbocycles. The molecule has 3 aromatic carbocycles. The Kier molecular flexibility index (Phi) is 7.30. The molecule has 1 aliphatic rings. The van der Waals surface area contributed by atoms with Gasteiger partial charge >= 0.3 is 0 Å². The Morgan fingerprint density at radius 1 is 1.09 bits per heavy atom. The standard InChI is InChI=1S/C25H18ClFN2O4S/c1-32-21-12-16(4-11-20(21)33-14-15-2-9-19(27)10-3-15)13-22-24(31)29-25(34-22)28-23(30)17-5-7-18(26)8-6-17/h2-13H,14H2,1H3,(H,28,29,30,31)/b22-13-. The summed E-state index contributed by atoms with van der Waals surface area (Å²) in [6, 6.07) is 17.6. The lowest BCUT2D eigenvalue weighted by atomic mass is 10.2. The van der Waals surface area contributed by atoms with Gasteiger partial charge in [-0.2, -0.15) is 4.99 Å². The number of benzene rings is 3. The van der Waals surface area contributed by atoms with E-state index in [4.69, 9.17) is 21.1 Å². The highest BCUT2D eigenvalue weighted by atomic mass is 35.5. The molecule has 4 rings (SSSR count). The molecule has 0 aromatic heterocycles. The molecule has 1 heterocycles. The molecule has 0 spiro atoms. The fraction of sp³-hybridized carbons (Fsp3) is 0.0800. The number of nitrogens with one attached hydrogen (secondary N) is 1. The Balaban J connectivity index is 1.46. The molecule has 0 atom stereocenters. The first kappa shape index (κ1) is 23.5. The van der Waals surface area contributed by atoms with Crippen molar-refractivity contribution in [1.82, 2.24) is 5.32 Å². The summed E-state index contributed by atoms with van der Waals surface area (Å²) in [6.07, 6.45) is 1.67. The predicted molar refractivity (Wildman–Crippen MR) is 131 cm³/mol. The molecule has 0 radical (unpaired) electrons. The minimum absolute atomic E-state index is 0.197. The van der Waals surface area contributed by atoms with E-state index in [0.29, 0.717) is 32.6 Å². The third-order valence-electron chi connectivity index (χ3n) is 4.74. The van der Waals surface area contributed by atoms with Crippen LogP contribution in [0, 0.1) is 5.82 Å². The van der Waals surface area contributed by atoms with Gasteiger partial charge in [-0.05, 0) is 77.5 Å². The van der Waals surface area contributed by atoms with Crippen LogP contribution >= 0.6 is 23.4 Å². The quantitative estimate of drug-likeness (QED) is 0.458. The number of nitrogens with zero attached hydrogens (tertiary/aromatic N) is 1. The van der Waals surface area contributed by atoms with Gasteiger partial charge in [-0.1, -0.05) is 29.8 Å². The van der Waals surface area contributed by atoms with Crippen molar-refractivity contribution < 1.29 is 23.5 Å². The van der Waals surface area contributed by atoms with Crippen molar-refractivity contribution in [2.45, 2.75) is 6.61 Å². The molecule has 1 aliphatic heterocycles. The molecule has 1 N–H and O–H groups in total. The second-order valence-electron chi connectivity index (χ2n) is 7.12. The van der Waals surface area contributed by atoms with Crippen LogP contribution in [0.1, 0.15) is 21.5 Å². The first-order chi connectivity index (χ1) is 16.4. The summed E-state index contributed by atoms with van der Waals surface area (Å²) in [4.78, 5) is 29.0. The number of amidine groups is 1. The number of thioether (sulfide) groups is 1. The lowest BCUT2D eigenvalue weighted by Gasteiger charge is -2.11. The zero-order valence-electron chi connectivity index (χ0n) is 17.9. The summed E-state index contributed by atoms with van der Waals surface area (Å²) in [5.41, 5.74) is 1.88. The molecule has 172 valence electrons. The van der Waals surface area contributed by atoms with Crippen molar-refractivity contribution in [2.24, 2.45) is 4.99 Å². The van der Waals surface area contributed by atoms with Crippen LogP contribution in [0.3, 0.4) is 0 Å². The first-order valence-corrected chi connectivity index (χ1v) is 11.3. The largest absolute Gasteiger partial charge is 0.493 e. The van der Waals surface area contributed by atoms with Gasteiger partial charge in [0.15, 0.2) is 16.7 Å². The van der Waals surface area contributed by atoms with E-state index in [1.165, 1.54) is 19.2 Å². The Morgan fingerprint density at radius 3 is 2.53 bits per heavy atom. The van der Waals surface area contributed by atoms with E-state index < -0.39 is 5.91 Å². The van der Waals surface area contributed by atoms with Crippen LogP contribution in [0.4, 0.5) is 4.39 Å². The number of hydrogen-bond donors (Lipinski definition) is 1. The number of amides is 2. The number of halogens is 2. The van der Waals surface area contributed by atoms with Gasteiger partial charge < -0.3 is 14.8 Å². The number of methoxy groups -OCH3 is 1.